The number of thioether (sulfide) groups is 1. The maximum absolute atomic E-state index is 5.92. The number of nitrogens with zero attached hydrogens (tertiary/aromatic N) is 2. The van der Waals surface area contributed by atoms with Crippen LogP contribution in [0.2, 0.25) is 10.3 Å². The first-order valence-electron chi connectivity index (χ1n) is 4.57. The van der Waals surface area contributed by atoms with Gasteiger partial charge in [0.25, 0.3) is 0 Å². The summed E-state index contributed by atoms with van der Waals surface area (Å²) >= 11 is 13.4. The molecule has 1 N–H and O–H groups in total. The zero-order valence-electron chi connectivity index (χ0n) is 8.63. The molecule has 1 rings (SSSR count). The van der Waals surface area contributed by atoms with Gasteiger partial charge in [-0.1, -0.05) is 11.6 Å². The molecule has 1 heterocycles. The molecule has 0 aliphatic heterocycles. The van der Waals surface area contributed by atoms with Gasteiger partial charge < -0.3 is 5.32 Å². The molecule has 0 aliphatic carbocycles. The van der Waals surface area contributed by atoms with Gasteiger partial charge in [-0.3, -0.25) is 0 Å². The number of hydrogen-bond acceptors (Lipinski definition) is 4. The van der Waals surface area contributed by atoms with Crippen molar-refractivity contribution in [3.63, 3.8) is 0 Å². The van der Waals surface area contributed by atoms with E-state index in [1.54, 1.807) is 0 Å². The average Bonchev–Trinajstić information content (AvgIpc) is 2.20. The Morgan fingerprint density at radius 1 is 1.53 bits per heavy atom. The Morgan fingerprint density at radius 3 is 2.93 bits per heavy atom. The van der Waals surface area contributed by atoms with Crippen molar-refractivity contribution in [3.8, 4) is 0 Å². The molecule has 0 saturated heterocycles. The average molecular weight is 266 g/mol. The molecule has 1 aromatic rings. The zero-order chi connectivity index (χ0) is 11.3. The van der Waals surface area contributed by atoms with Crippen LogP contribution in [0.4, 0.5) is 5.82 Å². The number of hydrogen-bond donors (Lipinski definition) is 1. The molecular weight excluding hydrogens is 253 g/mol. The van der Waals surface area contributed by atoms with Crippen molar-refractivity contribution in [2.24, 2.45) is 0 Å². The summed E-state index contributed by atoms with van der Waals surface area (Å²) < 4.78 is 0. The molecule has 0 aromatic carbocycles. The summed E-state index contributed by atoms with van der Waals surface area (Å²) in [6, 6.07) is 0.320. The lowest BCUT2D eigenvalue weighted by molar-refractivity contribution is 0.766. The van der Waals surface area contributed by atoms with Crippen LogP contribution in [0.1, 0.15) is 13.3 Å². The van der Waals surface area contributed by atoms with E-state index in [2.05, 4.69) is 28.5 Å². The molecule has 84 valence electrons. The molecule has 6 heteroatoms. The van der Waals surface area contributed by atoms with Crippen LogP contribution in [-0.2, 0) is 0 Å². The largest absolute Gasteiger partial charge is 0.366 e. The lowest BCUT2D eigenvalue weighted by atomic mass is 10.2. The molecule has 0 fully saturated rings. The smallest absolute Gasteiger partial charge is 0.224 e. The highest BCUT2D eigenvalue weighted by molar-refractivity contribution is 7.98. The van der Waals surface area contributed by atoms with E-state index in [0.29, 0.717) is 16.9 Å². The third-order valence-corrected chi connectivity index (χ3v) is 2.96. The first-order valence-corrected chi connectivity index (χ1v) is 6.72. The second-order valence-corrected chi connectivity index (χ2v) is 4.89. The predicted octanol–water partition coefficient (Wildman–Crippen LogP) is 3.34. The third-order valence-electron chi connectivity index (χ3n) is 1.85. The molecule has 1 atom stereocenters. The highest BCUT2D eigenvalue weighted by Crippen LogP contribution is 2.20. The van der Waals surface area contributed by atoms with Crippen molar-refractivity contribution in [1.29, 1.82) is 0 Å². The van der Waals surface area contributed by atoms with Crippen molar-refractivity contribution in [2.75, 3.05) is 17.3 Å². The van der Waals surface area contributed by atoms with Gasteiger partial charge in [-0.25, -0.2) is 4.98 Å². The number of nitrogens with one attached hydrogen (secondary N) is 1. The highest BCUT2D eigenvalue weighted by Gasteiger charge is 2.07. The van der Waals surface area contributed by atoms with Crippen molar-refractivity contribution in [3.05, 3.63) is 16.5 Å². The normalized spacial score (nSPS) is 12.5. The van der Waals surface area contributed by atoms with Gasteiger partial charge in [0, 0.05) is 6.04 Å². The van der Waals surface area contributed by atoms with Gasteiger partial charge >= 0.3 is 0 Å². The van der Waals surface area contributed by atoms with Crippen LogP contribution >= 0.6 is 35.0 Å². The minimum atomic E-state index is 0.207. The van der Waals surface area contributed by atoms with Crippen molar-refractivity contribution in [1.82, 2.24) is 9.97 Å². The number of aromatic nitrogens is 2. The monoisotopic (exact) mass is 265 g/mol. The van der Waals surface area contributed by atoms with Crippen LogP contribution < -0.4 is 5.32 Å². The van der Waals surface area contributed by atoms with Gasteiger partial charge in [0.1, 0.15) is 10.8 Å². The standard InChI is InChI=1S/C9H13Cl2N3S/c1-6(3-4-15-2)13-8-7(10)5-12-9(11)14-8/h5-6H,3-4H2,1-2H3,(H,12,13,14). The Hall–Kier alpha value is -0.190. The molecule has 0 radical (unpaired) electrons. The third kappa shape index (κ3) is 4.45. The van der Waals surface area contributed by atoms with Crippen molar-refractivity contribution in [2.45, 2.75) is 19.4 Å². The lowest BCUT2D eigenvalue weighted by Gasteiger charge is -2.14. The van der Waals surface area contributed by atoms with Crippen molar-refractivity contribution < 1.29 is 0 Å². The van der Waals surface area contributed by atoms with E-state index in [1.807, 2.05) is 11.8 Å². The number of rotatable bonds is 5. The minimum Gasteiger partial charge on any atom is -0.366 e. The van der Waals surface area contributed by atoms with Gasteiger partial charge in [0.05, 0.1) is 6.20 Å². The first kappa shape index (κ1) is 12.9. The van der Waals surface area contributed by atoms with Crippen LogP contribution in [0.3, 0.4) is 0 Å². The van der Waals surface area contributed by atoms with Crippen LogP contribution in [0.15, 0.2) is 6.20 Å². The first-order chi connectivity index (χ1) is 7.13. The fraction of sp³-hybridized carbons (Fsp3) is 0.556. The maximum atomic E-state index is 5.92. The topological polar surface area (TPSA) is 37.8 Å². The van der Waals surface area contributed by atoms with Crippen LogP contribution in [0, 0.1) is 0 Å². The van der Waals surface area contributed by atoms with Crippen LogP contribution in [0.25, 0.3) is 0 Å². The number of halogens is 2. The summed E-state index contributed by atoms with van der Waals surface area (Å²) in [5.41, 5.74) is 0. The van der Waals surface area contributed by atoms with E-state index in [9.17, 15) is 0 Å². The Labute approximate surface area is 104 Å². The molecule has 0 bridgehead atoms. The van der Waals surface area contributed by atoms with Gasteiger partial charge in [-0.15, -0.1) is 0 Å². The van der Waals surface area contributed by atoms with Crippen LogP contribution in [0.5, 0.6) is 0 Å². The second-order valence-electron chi connectivity index (χ2n) is 3.16. The fourth-order valence-corrected chi connectivity index (χ4v) is 1.92. The summed E-state index contributed by atoms with van der Waals surface area (Å²) in [5, 5.41) is 3.91. The minimum absolute atomic E-state index is 0.207. The molecule has 0 saturated carbocycles. The highest BCUT2D eigenvalue weighted by atomic mass is 35.5. The summed E-state index contributed by atoms with van der Waals surface area (Å²) in [6.45, 7) is 2.09. The number of anilines is 1. The van der Waals surface area contributed by atoms with Crippen LogP contribution in [-0.4, -0.2) is 28.0 Å². The quantitative estimate of drug-likeness (QED) is 0.829. The Kier molecular flexibility index (Phi) is 5.50. The summed E-state index contributed by atoms with van der Waals surface area (Å²) in [4.78, 5) is 7.81. The summed E-state index contributed by atoms with van der Waals surface area (Å²) in [7, 11) is 0. The Bertz CT molecular complexity index is 322. The van der Waals surface area contributed by atoms with E-state index < -0.39 is 0 Å². The van der Waals surface area contributed by atoms with E-state index in [1.165, 1.54) is 6.20 Å². The van der Waals surface area contributed by atoms with Gasteiger partial charge in [0.2, 0.25) is 5.28 Å². The van der Waals surface area contributed by atoms with Gasteiger partial charge in [-0.2, -0.15) is 16.7 Å². The summed E-state index contributed by atoms with van der Waals surface area (Å²) in [5.74, 6) is 1.70. The molecule has 0 amide bonds. The summed E-state index contributed by atoms with van der Waals surface area (Å²) in [6.07, 6.45) is 4.64. The predicted molar refractivity (Wildman–Crippen MR) is 68.1 cm³/mol. The van der Waals surface area contributed by atoms with Crippen molar-refractivity contribution >= 4 is 40.8 Å². The van der Waals surface area contributed by atoms with E-state index in [-0.39, 0.29) is 5.28 Å². The lowest BCUT2D eigenvalue weighted by Crippen LogP contribution is -2.17. The van der Waals surface area contributed by atoms with E-state index in [0.717, 1.165) is 12.2 Å². The van der Waals surface area contributed by atoms with E-state index in [4.69, 9.17) is 23.2 Å². The van der Waals surface area contributed by atoms with Gasteiger partial charge in [-0.05, 0) is 37.0 Å². The molecule has 15 heavy (non-hydrogen) atoms. The van der Waals surface area contributed by atoms with E-state index >= 15 is 0 Å². The fourth-order valence-electron chi connectivity index (χ4n) is 1.05. The van der Waals surface area contributed by atoms with Gasteiger partial charge in [0.15, 0.2) is 0 Å². The zero-order valence-corrected chi connectivity index (χ0v) is 11.0. The maximum Gasteiger partial charge on any atom is 0.224 e. The SMILES string of the molecule is CSCCC(C)Nc1nc(Cl)ncc1Cl. The Morgan fingerprint density at radius 2 is 2.27 bits per heavy atom. The second kappa shape index (κ2) is 6.40. The molecule has 1 unspecified atom stereocenters. The molecule has 0 aliphatic rings. The molecule has 3 nitrogen and oxygen atoms in total. The Balaban J connectivity index is 2.59. The molecule has 0 spiro atoms. The molecule has 1 aromatic heterocycles. The molecular formula is C9H13Cl2N3S.